The lowest BCUT2D eigenvalue weighted by atomic mass is 10.0. The molecule has 0 fully saturated rings. The number of halogens is 1. The zero-order chi connectivity index (χ0) is 37.7. The van der Waals surface area contributed by atoms with Crippen molar-refractivity contribution in [2.75, 3.05) is 39.9 Å². The normalized spacial score (nSPS) is 13.6. The summed E-state index contributed by atoms with van der Waals surface area (Å²) in [7, 11) is 4.71. The van der Waals surface area contributed by atoms with E-state index in [2.05, 4.69) is 10.6 Å². The lowest BCUT2D eigenvalue weighted by Gasteiger charge is -2.28. The van der Waals surface area contributed by atoms with Crippen molar-refractivity contribution in [3.8, 4) is 28.7 Å². The van der Waals surface area contributed by atoms with Gasteiger partial charge in [-0.05, 0) is 89.7 Å². The largest absolute Gasteiger partial charge is 0.496 e. The zero-order valence-corrected chi connectivity index (χ0v) is 31.0. The SMILES string of the molecule is COc1cc(/C=C\c2cc(OC)c(OCCCCCCCOc3ccc(C4NC(=O)c5cc(Cl)ccc5N4)cc3CO)c(OC)c2)cc(CO)c1CO. The summed E-state index contributed by atoms with van der Waals surface area (Å²) in [6.45, 7) is 0.396. The molecule has 0 saturated heterocycles. The van der Waals surface area contributed by atoms with Gasteiger partial charge in [0.15, 0.2) is 11.5 Å². The van der Waals surface area contributed by atoms with Crippen LogP contribution in [0.25, 0.3) is 12.2 Å². The highest BCUT2D eigenvalue weighted by atomic mass is 35.5. The fraction of sp³-hybridized carbons (Fsp3) is 0.341. The molecule has 0 aromatic heterocycles. The summed E-state index contributed by atoms with van der Waals surface area (Å²) < 4.78 is 28.8. The van der Waals surface area contributed by atoms with E-state index in [0.29, 0.717) is 74.9 Å². The number of carbonyl (C=O) groups is 1. The predicted molar refractivity (Wildman–Crippen MR) is 205 cm³/mol. The molecule has 12 heteroatoms. The van der Waals surface area contributed by atoms with Crippen LogP contribution in [0.15, 0.2) is 60.7 Å². The second kappa shape index (κ2) is 19.2. The van der Waals surface area contributed by atoms with Gasteiger partial charge < -0.3 is 49.6 Å². The smallest absolute Gasteiger partial charge is 0.255 e. The number of amides is 1. The predicted octanol–water partition coefficient (Wildman–Crippen LogP) is 7.28. The fourth-order valence-electron chi connectivity index (χ4n) is 6.19. The number of benzene rings is 4. The lowest BCUT2D eigenvalue weighted by Crippen LogP contribution is -2.38. The molecule has 4 aromatic carbocycles. The van der Waals surface area contributed by atoms with Gasteiger partial charge in [0.1, 0.15) is 17.7 Å². The van der Waals surface area contributed by atoms with Crippen molar-refractivity contribution in [1.29, 1.82) is 0 Å². The third kappa shape index (κ3) is 9.94. The van der Waals surface area contributed by atoms with Crippen molar-refractivity contribution < 1.29 is 43.8 Å². The second-order valence-corrected chi connectivity index (χ2v) is 12.9. The summed E-state index contributed by atoms with van der Waals surface area (Å²) in [6, 6.07) is 18.1. The van der Waals surface area contributed by atoms with E-state index in [1.165, 1.54) is 7.11 Å². The average Bonchev–Trinajstić information content (AvgIpc) is 3.18. The van der Waals surface area contributed by atoms with Crippen LogP contribution in [0.1, 0.15) is 82.0 Å². The fourth-order valence-corrected chi connectivity index (χ4v) is 6.36. The van der Waals surface area contributed by atoms with E-state index in [-0.39, 0.29) is 25.7 Å². The maximum absolute atomic E-state index is 12.6. The van der Waals surface area contributed by atoms with E-state index in [9.17, 15) is 20.1 Å². The summed E-state index contributed by atoms with van der Waals surface area (Å²) in [5, 5.41) is 36.2. The molecule has 282 valence electrons. The van der Waals surface area contributed by atoms with Gasteiger partial charge in [-0.2, -0.15) is 0 Å². The number of hydrogen-bond donors (Lipinski definition) is 5. The summed E-state index contributed by atoms with van der Waals surface area (Å²) in [5.41, 5.74) is 5.45. The van der Waals surface area contributed by atoms with Crippen molar-refractivity contribution in [3.63, 3.8) is 0 Å². The second-order valence-electron chi connectivity index (χ2n) is 12.5. The number of fused-ring (bicyclic) bond motifs is 1. The highest BCUT2D eigenvalue weighted by Gasteiger charge is 2.25. The number of methoxy groups -OCH3 is 3. The quantitative estimate of drug-likeness (QED) is 0.0490. The Hall–Kier alpha value is -4.94. The van der Waals surface area contributed by atoms with Crippen LogP contribution in [-0.2, 0) is 19.8 Å². The minimum absolute atomic E-state index is 0.187. The summed E-state index contributed by atoms with van der Waals surface area (Å²) in [4.78, 5) is 12.6. The van der Waals surface area contributed by atoms with Crippen molar-refractivity contribution in [1.82, 2.24) is 5.32 Å². The lowest BCUT2D eigenvalue weighted by molar-refractivity contribution is 0.0935. The topological polar surface area (TPSA) is 148 Å². The number of aliphatic hydroxyl groups excluding tert-OH is 3. The summed E-state index contributed by atoms with van der Waals surface area (Å²) in [5.74, 6) is 2.56. The number of hydrogen-bond acceptors (Lipinski definition) is 10. The van der Waals surface area contributed by atoms with Gasteiger partial charge in [-0.1, -0.05) is 49.1 Å². The molecule has 1 aliphatic rings. The Bertz CT molecular complexity index is 1850. The van der Waals surface area contributed by atoms with E-state index >= 15 is 0 Å². The molecule has 1 unspecified atom stereocenters. The van der Waals surface area contributed by atoms with Crippen molar-refractivity contribution in [2.24, 2.45) is 0 Å². The Balaban J connectivity index is 1.06. The Morgan fingerprint density at radius 2 is 1.28 bits per heavy atom. The molecule has 1 heterocycles. The van der Waals surface area contributed by atoms with E-state index in [1.54, 1.807) is 32.4 Å². The van der Waals surface area contributed by atoms with E-state index in [0.717, 1.165) is 48.8 Å². The first kappa shape index (κ1) is 39.3. The maximum atomic E-state index is 12.6. The van der Waals surface area contributed by atoms with Gasteiger partial charge in [-0.3, -0.25) is 4.79 Å². The zero-order valence-electron chi connectivity index (χ0n) is 30.2. The molecule has 53 heavy (non-hydrogen) atoms. The van der Waals surface area contributed by atoms with Gasteiger partial charge in [0.2, 0.25) is 5.75 Å². The Kier molecular flexibility index (Phi) is 14.2. The van der Waals surface area contributed by atoms with Gasteiger partial charge in [0, 0.05) is 21.8 Å². The molecule has 0 saturated carbocycles. The highest BCUT2D eigenvalue weighted by Crippen LogP contribution is 2.39. The van der Waals surface area contributed by atoms with Crippen LogP contribution in [0.4, 0.5) is 5.69 Å². The van der Waals surface area contributed by atoms with E-state index in [1.807, 2.05) is 54.6 Å². The molecule has 0 bridgehead atoms. The first-order valence-electron chi connectivity index (χ1n) is 17.5. The van der Waals surface area contributed by atoms with Crippen LogP contribution in [0.5, 0.6) is 28.7 Å². The molecule has 0 spiro atoms. The number of carbonyl (C=O) groups excluding carboxylic acids is 1. The van der Waals surface area contributed by atoms with Crippen LogP contribution in [0.3, 0.4) is 0 Å². The van der Waals surface area contributed by atoms with Gasteiger partial charge in [-0.15, -0.1) is 0 Å². The molecule has 5 rings (SSSR count). The highest BCUT2D eigenvalue weighted by molar-refractivity contribution is 6.31. The molecular weight excluding hydrogens is 700 g/mol. The van der Waals surface area contributed by atoms with Crippen LogP contribution in [-0.4, -0.2) is 55.8 Å². The first-order valence-corrected chi connectivity index (χ1v) is 17.9. The molecule has 11 nitrogen and oxygen atoms in total. The standard InChI is InChI=1S/C41H47ClN2O9/c1-49-36-18-26(17-29(23-45)33(36)25-47)9-10-27-19-37(50-2)39(38(20-27)51-3)53-16-8-6-4-5-7-15-52-35-14-11-28(21-30(35)24-46)40-43-34-13-12-31(42)22-32(34)41(48)44-40/h9-14,17-22,40,43,45-47H,4-8,15-16,23-25H2,1-3H3,(H,44,48)/b10-9-. The number of aliphatic hydroxyl groups is 3. The minimum atomic E-state index is -0.446. The first-order chi connectivity index (χ1) is 25.8. The number of nitrogens with one attached hydrogen (secondary N) is 2. The molecule has 5 N–H and O–H groups in total. The van der Waals surface area contributed by atoms with Gasteiger partial charge in [0.05, 0.1) is 59.9 Å². The molecule has 0 aliphatic carbocycles. The average molecular weight is 747 g/mol. The monoisotopic (exact) mass is 746 g/mol. The van der Waals surface area contributed by atoms with Gasteiger partial charge in [-0.25, -0.2) is 0 Å². The number of rotatable bonds is 19. The van der Waals surface area contributed by atoms with Crippen molar-refractivity contribution >= 4 is 35.3 Å². The minimum Gasteiger partial charge on any atom is -0.496 e. The number of ether oxygens (including phenoxy) is 5. The van der Waals surface area contributed by atoms with Gasteiger partial charge >= 0.3 is 0 Å². The Morgan fingerprint density at radius 1 is 0.660 bits per heavy atom. The Morgan fingerprint density at radius 3 is 1.92 bits per heavy atom. The Labute approximate surface area is 315 Å². The van der Waals surface area contributed by atoms with Gasteiger partial charge in [0.25, 0.3) is 5.91 Å². The molecule has 1 aliphatic heterocycles. The number of anilines is 1. The van der Waals surface area contributed by atoms with E-state index < -0.39 is 6.17 Å². The molecular formula is C41H47ClN2O9. The van der Waals surface area contributed by atoms with Crippen LogP contribution >= 0.6 is 11.6 Å². The molecule has 1 atom stereocenters. The summed E-state index contributed by atoms with van der Waals surface area (Å²) in [6.07, 6.45) is 8.03. The maximum Gasteiger partial charge on any atom is 0.255 e. The molecule has 1 amide bonds. The third-order valence-electron chi connectivity index (χ3n) is 9.01. The third-order valence-corrected chi connectivity index (χ3v) is 9.24. The summed E-state index contributed by atoms with van der Waals surface area (Å²) >= 11 is 6.05. The van der Waals surface area contributed by atoms with E-state index in [4.69, 9.17) is 35.3 Å². The molecule has 0 radical (unpaired) electrons. The van der Waals surface area contributed by atoms with Crippen LogP contribution in [0.2, 0.25) is 5.02 Å². The van der Waals surface area contributed by atoms with Crippen molar-refractivity contribution in [3.05, 3.63) is 105 Å². The van der Waals surface area contributed by atoms with Crippen LogP contribution < -0.4 is 34.3 Å². The van der Waals surface area contributed by atoms with Crippen LogP contribution in [0, 0.1) is 0 Å². The molecule has 4 aromatic rings. The number of unbranched alkanes of at least 4 members (excludes halogenated alkanes) is 4. The van der Waals surface area contributed by atoms with Crippen molar-refractivity contribution in [2.45, 2.75) is 58.1 Å².